The Morgan fingerprint density at radius 2 is 1.79 bits per heavy atom. The van der Waals surface area contributed by atoms with Crippen molar-refractivity contribution in [2.45, 2.75) is 6.42 Å². The van der Waals surface area contributed by atoms with Crippen molar-refractivity contribution in [3.63, 3.8) is 0 Å². The molecule has 4 heteroatoms. The van der Waals surface area contributed by atoms with E-state index in [2.05, 4.69) is 18.2 Å². The molecule has 0 atom stereocenters. The molecule has 0 fully saturated rings. The van der Waals surface area contributed by atoms with Crippen LogP contribution in [0, 0.1) is 0 Å². The number of nitrogens with zero attached hydrogens (tertiary/aromatic N) is 1. The molecule has 0 saturated carbocycles. The van der Waals surface area contributed by atoms with Gasteiger partial charge in [-0.05, 0) is 29.7 Å². The molecule has 3 rings (SSSR count). The number of hydrogen-bond donors (Lipinski definition) is 0. The zero-order valence-electron chi connectivity index (χ0n) is 14.0. The van der Waals surface area contributed by atoms with Crippen LogP contribution < -0.4 is 9.47 Å². The lowest BCUT2D eigenvalue weighted by Gasteiger charge is -2.27. The Hall–Kier alpha value is -2.75. The molecule has 0 aliphatic carbocycles. The van der Waals surface area contributed by atoms with E-state index in [1.54, 1.807) is 26.4 Å². The van der Waals surface area contributed by atoms with Gasteiger partial charge in [-0.2, -0.15) is 0 Å². The second-order valence-electron chi connectivity index (χ2n) is 5.64. The number of hydrogen-bond acceptors (Lipinski definition) is 3. The molecule has 0 unspecified atom stereocenters. The van der Waals surface area contributed by atoms with Gasteiger partial charge < -0.3 is 14.4 Å². The van der Waals surface area contributed by atoms with E-state index in [4.69, 9.17) is 9.47 Å². The van der Waals surface area contributed by atoms with Crippen molar-refractivity contribution in [2.24, 2.45) is 0 Å². The molecule has 1 aliphatic heterocycles. The molecule has 1 amide bonds. The van der Waals surface area contributed by atoms with Crippen molar-refractivity contribution in [3.05, 3.63) is 65.7 Å². The molecule has 0 bridgehead atoms. The Labute approximate surface area is 142 Å². The van der Waals surface area contributed by atoms with E-state index in [1.807, 2.05) is 29.2 Å². The van der Waals surface area contributed by atoms with Gasteiger partial charge in [0.1, 0.15) is 0 Å². The fourth-order valence-corrected chi connectivity index (χ4v) is 2.99. The third kappa shape index (κ3) is 3.13. The van der Waals surface area contributed by atoms with Crippen molar-refractivity contribution < 1.29 is 14.3 Å². The molecule has 24 heavy (non-hydrogen) atoms. The number of methoxy groups -OCH3 is 2. The molecule has 124 valence electrons. The highest BCUT2D eigenvalue weighted by Gasteiger charge is 2.23. The Morgan fingerprint density at radius 1 is 1.00 bits per heavy atom. The lowest BCUT2D eigenvalue weighted by atomic mass is 9.99. The van der Waals surface area contributed by atoms with Gasteiger partial charge >= 0.3 is 0 Å². The molecule has 2 aromatic carbocycles. The first-order valence-corrected chi connectivity index (χ1v) is 7.99. The summed E-state index contributed by atoms with van der Waals surface area (Å²) in [4.78, 5) is 14.7. The van der Waals surface area contributed by atoms with Gasteiger partial charge in [-0.25, -0.2) is 0 Å². The Kier molecular flexibility index (Phi) is 4.85. The first-order valence-electron chi connectivity index (χ1n) is 7.99. The SMILES string of the molecule is COc1cccc(C(=O)N2CC=C(c3ccccc3)CC2)c1OC. The first kappa shape index (κ1) is 16.1. The van der Waals surface area contributed by atoms with Crippen LogP contribution in [-0.2, 0) is 0 Å². The lowest BCUT2D eigenvalue weighted by molar-refractivity contribution is 0.0769. The highest BCUT2D eigenvalue weighted by atomic mass is 16.5. The molecule has 0 spiro atoms. The van der Waals surface area contributed by atoms with Crippen LogP contribution in [0.25, 0.3) is 5.57 Å². The summed E-state index contributed by atoms with van der Waals surface area (Å²) in [6, 6.07) is 15.7. The van der Waals surface area contributed by atoms with E-state index >= 15 is 0 Å². The standard InChI is InChI=1S/C20H21NO3/c1-23-18-10-6-9-17(19(18)24-2)20(22)21-13-11-16(12-14-21)15-7-4-3-5-8-15/h3-11H,12-14H2,1-2H3. The zero-order chi connectivity index (χ0) is 16.9. The summed E-state index contributed by atoms with van der Waals surface area (Å²) in [5, 5.41) is 0. The molecule has 0 N–H and O–H groups in total. The normalized spacial score (nSPS) is 14.1. The van der Waals surface area contributed by atoms with Gasteiger partial charge in [0.15, 0.2) is 11.5 Å². The van der Waals surface area contributed by atoms with E-state index in [1.165, 1.54) is 11.1 Å². The second kappa shape index (κ2) is 7.21. The number of ether oxygens (including phenoxy) is 2. The predicted molar refractivity (Wildman–Crippen MR) is 94.5 cm³/mol. The number of carbonyl (C=O) groups is 1. The summed E-state index contributed by atoms with van der Waals surface area (Å²) in [6.45, 7) is 1.29. The van der Waals surface area contributed by atoms with Crippen LogP contribution in [0.5, 0.6) is 11.5 Å². The van der Waals surface area contributed by atoms with Gasteiger partial charge in [-0.3, -0.25) is 4.79 Å². The zero-order valence-corrected chi connectivity index (χ0v) is 14.0. The van der Waals surface area contributed by atoms with Gasteiger partial charge in [-0.15, -0.1) is 0 Å². The smallest absolute Gasteiger partial charge is 0.258 e. The first-order chi connectivity index (χ1) is 11.7. The summed E-state index contributed by atoms with van der Waals surface area (Å²) in [5.74, 6) is 1.03. The third-order valence-electron chi connectivity index (χ3n) is 4.27. The molecule has 0 radical (unpaired) electrons. The molecule has 1 aliphatic rings. The van der Waals surface area contributed by atoms with Crippen molar-refractivity contribution in [1.82, 2.24) is 4.90 Å². The molecule has 2 aromatic rings. The monoisotopic (exact) mass is 323 g/mol. The van der Waals surface area contributed by atoms with Crippen LogP contribution in [-0.4, -0.2) is 38.1 Å². The van der Waals surface area contributed by atoms with E-state index in [9.17, 15) is 4.79 Å². The van der Waals surface area contributed by atoms with Gasteiger partial charge in [0, 0.05) is 13.1 Å². The molecule has 1 heterocycles. The molecular formula is C20H21NO3. The minimum absolute atomic E-state index is 0.0332. The highest BCUT2D eigenvalue weighted by molar-refractivity contribution is 5.98. The fourth-order valence-electron chi connectivity index (χ4n) is 2.99. The summed E-state index contributed by atoms with van der Waals surface area (Å²) < 4.78 is 10.7. The van der Waals surface area contributed by atoms with Crippen LogP contribution in [0.2, 0.25) is 0 Å². The van der Waals surface area contributed by atoms with Crippen LogP contribution in [0.3, 0.4) is 0 Å². The third-order valence-corrected chi connectivity index (χ3v) is 4.27. The minimum Gasteiger partial charge on any atom is -0.493 e. The predicted octanol–water partition coefficient (Wildman–Crippen LogP) is 3.63. The number of rotatable bonds is 4. The summed E-state index contributed by atoms with van der Waals surface area (Å²) in [5.41, 5.74) is 3.05. The molecule has 4 nitrogen and oxygen atoms in total. The largest absolute Gasteiger partial charge is 0.493 e. The quantitative estimate of drug-likeness (QED) is 0.862. The molecule has 0 saturated heterocycles. The number of amides is 1. The Bertz CT molecular complexity index is 753. The topological polar surface area (TPSA) is 38.8 Å². The maximum atomic E-state index is 12.9. The van der Waals surface area contributed by atoms with Crippen molar-refractivity contribution >= 4 is 11.5 Å². The summed E-state index contributed by atoms with van der Waals surface area (Å²) in [6.07, 6.45) is 2.98. The van der Waals surface area contributed by atoms with Crippen molar-refractivity contribution in [1.29, 1.82) is 0 Å². The minimum atomic E-state index is -0.0332. The summed E-state index contributed by atoms with van der Waals surface area (Å²) in [7, 11) is 3.13. The molecular weight excluding hydrogens is 302 g/mol. The van der Waals surface area contributed by atoms with E-state index in [0.717, 1.165) is 6.42 Å². The van der Waals surface area contributed by atoms with Gasteiger partial charge in [0.2, 0.25) is 0 Å². The maximum Gasteiger partial charge on any atom is 0.258 e. The number of benzene rings is 2. The van der Waals surface area contributed by atoms with E-state index in [0.29, 0.717) is 30.2 Å². The van der Waals surface area contributed by atoms with Gasteiger partial charge in [-0.1, -0.05) is 42.5 Å². The van der Waals surface area contributed by atoms with Crippen molar-refractivity contribution in [3.8, 4) is 11.5 Å². The maximum absolute atomic E-state index is 12.9. The average Bonchev–Trinajstić information content (AvgIpc) is 2.67. The van der Waals surface area contributed by atoms with Crippen LogP contribution in [0.15, 0.2) is 54.6 Å². The van der Waals surface area contributed by atoms with Gasteiger partial charge in [0.05, 0.1) is 19.8 Å². The van der Waals surface area contributed by atoms with E-state index in [-0.39, 0.29) is 5.91 Å². The average molecular weight is 323 g/mol. The number of para-hydroxylation sites is 1. The fraction of sp³-hybridized carbons (Fsp3) is 0.250. The highest BCUT2D eigenvalue weighted by Crippen LogP contribution is 2.32. The van der Waals surface area contributed by atoms with E-state index < -0.39 is 0 Å². The Morgan fingerprint density at radius 3 is 2.42 bits per heavy atom. The van der Waals surface area contributed by atoms with Crippen LogP contribution >= 0.6 is 0 Å². The molecule has 0 aromatic heterocycles. The van der Waals surface area contributed by atoms with Gasteiger partial charge in [0.25, 0.3) is 5.91 Å². The van der Waals surface area contributed by atoms with Crippen LogP contribution in [0.4, 0.5) is 0 Å². The number of carbonyl (C=O) groups excluding carboxylic acids is 1. The summed E-state index contributed by atoms with van der Waals surface area (Å²) >= 11 is 0. The lowest BCUT2D eigenvalue weighted by Crippen LogP contribution is -2.34. The van der Waals surface area contributed by atoms with Crippen molar-refractivity contribution in [2.75, 3.05) is 27.3 Å². The van der Waals surface area contributed by atoms with Crippen LogP contribution in [0.1, 0.15) is 22.3 Å². The second-order valence-corrected chi connectivity index (χ2v) is 5.64. The Balaban J connectivity index is 1.80.